The Labute approximate surface area is 138 Å². The van der Waals surface area contributed by atoms with Crippen LogP contribution in [0.1, 0.15) is 22.8 Å². The van der Waals surface area contributed by atoms with Crippen LogP contribution in [-0.2, 0) is 16.1 Å². The second-order valence-electron chi connectivity index (χ2n) is 5.20. The van der Waals surface area contributed by atoms with Crippen LogP contribution in [-0.4, -0.2) is 33.3 Å². The number of nitrogens with one attached hydrogen (secondary N) is 1. The third-order valence-electron chi connectivity index (χ3n) is 3.47. The number of carbonyl (C=O) groups excluding carboxylic acids is 1. The number of benzene rings is 1. The lowest BCUT2D eigenvalue weighted by atomic mass is 10.0. The zero-order chi connectivity index (χ0) is 17.5. The van der Waals surface area contributed by atoms with E-state index in [9.17, 15) is 19.8 Å². The number of hydrogen-bond donors (Lipinski definition) is 3. The Balaban J connectivity index is 2.01. The Morgan fingerprint density at radius 2 is 1.96 bits per heavy atom. The summed E-state index contributed by atoms with van der Waals surface area (Å²) in [6, 6.07) is 9.07. The van der Waals surface area contributed by atoms with Crippen molar-refractivity contribution < 1.29 is 24.5 Å². The number of carboxylic acid groups (broad SMARTS) is 1. The van der Waals surface area contributed by atoms with E-state index in [0.717, 1.165) is 5.56 Å². The Kier molecular flexibility index (Phi) is 5.86. The molecule has 0 aliphatic carbocycles. The normalized spacial score (nSPS) is 12.9. The van der Waals surface area contributed by atoms with Crippen molar-refractivity contribution in [1.82, 2.24) is 10.3 Å². The van der Waals surface area contributed by atoms with Crippen LogP contribution in [0.25, 0.3) is 0 Å². The number of amides is 1. The van der Waals surface area contributed by atoms with E-state index in [4.69, 9.17) is 4.74 Å². The molecule has 2 unspecified atom stereocenters. The molecule has 0 radical (unpaired) electrons. The van der Waals surface area contributed by atoms with Crippen molar-refractivity contribution in [2.75, 3.05) is 0 Å². The van der Waals surface area contributed by atoms with Gasteiger partial charge in [0.2, 0.25) is 0 Å². The van der Waals surface area contributed by atoms with Crippen LogP contribution >= 0.6 is 0 Å². The summed E-state index contributed by atoms with van der Waals surface area (Å²) >= 11 is 0. The lowest BCUT2D eigenvalue weighted by molar-refractivity contribution is -0.142. The number of aliphatic hydroxyl groups is 1. The molecule has 7 nitrogen and oxygen atoms in total. The maximum absolute atomic E-state index is 11.8. The molecular formula is C17H18N2O5. The van der Waals surface area contributed by atoms with Gasteiger partial charge in [-0.1, -0.05) is 30.3 Å². The smallest absolute Gasteiger partial charge is 0.408 e. The molecule has 1 aromatic carbocycles. The van der Waals surface area contributed by atoms with E-state index in [2.05, 4.69) is 10.3 Å². The molecule has 3 N–H and O–H groups in total. The molecule has 24 heavy (non-hydrogen) atoms. The molecule has 0 aliphatic heterocycles. The average molecular weight is 330 g/mol. The lowest BCUT2D eigenvalue weighted by Crippen LogP contribution is -2.45. The number of ether oxygens (including phenoxy) is 1. The minimum absolute atomic E-state index is 0.00102. The second-order valence-corrected chi connectivity index (χ2v) is 5.20. The molecule has 1 amide bonds. The molecule has 1 heterocycles. The van der Waals surface area contributed by atoms with Crippen molar-refractivity contribution in [2.24, 2.45) is 0 Å². The zero-order valence-corrected chi connectivity index (χ0v) is 13.0. The van der Waals surface area contributed by atoms with Gasteiger partial charge in [-0.3, -0.25) is 4.98 Å². The van der Waals surface area contributed by atoms with Crippen LogP contribution in [0.4, 0.5) is 4.79 Å². The summed E-state index contributed by atoms with van der Waals surface area (Å²) in [5.74, 6) is -1.37. The predicted molar refractivity (Wildman–Crippen MR) is 85.1 cm³/mol. The number of hydrogen-bond acceptors (Lipinski definition) is 5. The highest BCUT2D eigenvalue weighted by molar-refractivity contribution is 5.80. The van der Waals surface area contributed by atoms with Crippen molar-refractivity contribution in [3.8, 4) is 0 Å². The number of carbonyl (C=O) groups is 2. The van der Waals surface area contributed by atoms with Gasteiger partial charge in [-0.15, -0.1) is 0 Å². The van der Waals surface area contributed by atoms with Crippen molar-refractivity contribution in [2.45, 2.75) is 25.7 Å². The van der Waals surface area contributed by atoms with Gasteiger partial charge >= 0.3 is 12.1 Å². The van der Waals surface area contributed by atoms with Crippen molar-refractivity contribution in [3.63, 3.8) is 0 Å². The SMILES string of the molecule is Cc1ccncc1C(O)C(NC(=O)OCc1ccccc1)C(=O)O. The van der Waals surface area contributed by atoms with Gasteiger partial charge in [0.15, 0.2) is 6.04 Å². The molecule has 0 saturated heterocycles. The molecule has 2 aromatic rings. The van der Waals surface area contributed by atoms with Crippen molar-refractivity contribution >= 4 is 12.1 Å². The Morgan fingerprint density at radius 3 is 2.58 bits per heavy atom. The van der Waals surface area contributed by atoms with Crippen LogP contribution in [0.5, 0.6) is 0 Å². The second kappa shape index (κ2) is 8.07. The molecule has 0 fully saturated rings. The highest BCUT2D eigenvalue weighted by Gasteiger charge is 2.31. The van der Waals surface area contributed by atoms with Crippen LogP contribution < -0.4 is 5.32 Å². The maximum atomic E-state index is 11.8. The van der Waals surface area contributed by atoms with E-state index in [1.807, 2.05) is 6.07 Å². The molecule has 0 aliphatic rings. The molecule has 2 rings (SSSR count). The minimum atomic E-state index is -1.55. The number of aryl methyl sites for hydroxylation is 1. The summed E-state index contributed by atoms with van der Waals surface area (Å²) in [6.07, 6.45) is 0.530. The first-order chi connectivity index (χ1) is 11.5. The molecular weight excluding hydrogens is 312 g/mol. The Bertz CT molecular complexity index is 705. The molecule has 1 aromatic heterocycles. The average Bonchev–Trinajstić information content (AvgIpc) is 2.58. The fourth-order valence-corrected chi connectivity index (χ4v) is 2.13. The fourth-order valence-electron chi connectivity index (χ4n) is 2.13. The standard InChI is InChI=1S/C17H18N2O5/c1-11-7-8-18-9-13(11)15(20)14(16(21)22)19-17(23)24-10-12-5-3-2-4-6-12/h2-9,14-15,20H,10H2,1H3,(H,19,23)(H,21,22). The number of aromatic nitrogens is 1. The van der Waals surface area contributed by atoms with E-state index < -0.39 is 24.2 Å². The summed E-state index contributed by atoms with van der Waals surface area (Å²) in [5, 5.41) is 21.7. The van der Waals surface area contributed by atoms with Gasteiger partial charge < -0.3 is 20.3 Å². The number of aliphatic hydroxyl groups excluding tert-OH is 1. The largest absolute Gasteiger partial charge is 0.480 e. The third-order valence-corrected chi connectivity index (χ3v) is 3.47. The molecule has 7 heteroatoms. The number of pyridine rings is 1. The quantitative estimate of drug-likeness (QED) is 0.745. The Morgan fingerprint density at radius 1 is 1.25 bits per heavy atom. The van der Waals surface area contributed by atoms with Gasteiger partial charge in [0.25, 0.3) is 0 Å². The van der Waals surface area contributed by atoms with Gasteiger partial charge in [-0.05, 0) is 24.1 Å². The molecule has 0 spiro atoms. The van der Waals surface area contributed by atoms with Crippen molar-refractivity contribution in [3.05, 3.63) is 65.5 Å². The highest BCUT2D eigenvalue weighted by Crippen LogP contribution is 2.20. The van der Waals surface area contributed by atoms with E-state index in [0.29, 0.717) is 11.1 Å². The van der Waals surface area contributed by atoms with Gasteiger partial charge in [-0.25, -0.2) is 9.59 Å². The predicted octanol–water partition coefficient (Wildman–Crippen LogP) is 1.80. The molecule has 0 bridgehead atoms. The van der Waals surface area contributed by atoms with E-state index in [1.165, 1.54) is 12.4 Å². The number of rotatable bonds is 6. The van der Waals surface area contributed by atoms with Crippen LogP contribution in [0.3, 0.4) is 0 Å². The third kappa shape index (κ3) is 4.53. The first-order valence-electron chi connectivity index (χ1n) is 7.27. The lowest BCUT2D eigenvalue weighted by Gasteiger charge is -2.21. The van der Waals surface area contributed by atoms with E-state index >= 15 is 0 Å². The van der Waals surface area contributed by atoms with Gasteiger partial charge in [0, 0.05) is 18.0 Å². The monoisotopic (exact) mass is 330 g/mol. The highest BCUT2D eigenvalue weighted by atomic mass is 16.5. The molecule has 2 atom stereocenters. The zero-order valence-electron chi connectivity index (χ0n) is 13.0. The number of nitrogens with zero attached hydrogens (tertiary/aromatic N) is 1. The van der Waals surface area contributed by atoms with Crippen molar-refractivity contribution in [1.29, 1.82) is 0 Å². The van der Waals surface area contributed by atoms with Crippen LogP contribution in [0.15, 0.2) is 48.8 Å². The first kappa shape index (κ1) is 17.4. The summed E-state index contributed by atoms with van der Waals surface area (Å²) in [6.45, 7) is 1.72. The van der Waals surface area contributed by atoms with Crippen LogP contribution in [0, 0.1) is 6.92 Å². The fraction of sp³-hybridized carbons (Fsp3) is 0.235. The van der Waals surface area contributed by atoms with Crippen LogP contribution in [0.2, 0.25) is 0 Å². The summed E-state index contributed by atoms with van der Waals surface area (Å²) in [7, 11) is 0. The van der Waals surface area contributed by atoms with Gasteiger partial charge in [-0.2, -0.15) is 0 Å². The van der Waals surface area contributed by atoms with Gasteiger partial charge in [0.1, 0.15) is 12.7 Å². The Hall–Kier alpha value is -2.93. The summed E-state index contributed by atoms with van der Waals surface area (Å²) in [5.41, 5.74) is 1.76. The van der Waals surface area contributed by atoms with Gasteiger partial charge in [0.05, 0.1) is 0 Å². The summed E-state index contributed by atoms with van der Waals surface area (Å²) < 4.78 is 4.98. The molecule has 0 saturated carbocycles. The van der Waals surface area contributed by atoms with E-state index in [1.54, 1.807) is 37.3 Å². The maximum Gasteiger partial charge on any atom is 0.408 e. The first-order valence-corrected chi connectivity index (χ1v) is 7.27. The van der Waals surface area contributed by atoms with E-state index in [-0.39, 0.29) is 6.61 Å². The number of aliphatic carboxylic acids is 1. The summed E-state index contributed by atoms with van der Waals surface area (Å²) in [4.78, 5) is 27.1. The number of carboxylic acids is 1. The topological polar surface area (TPSA) is 109 Å². The minimum Gasteiger partial charge on any atom is -0.480 e. The molecule has 126 valence electrons. The number of alkyl carbamates (subject to hydrolysis) is 1.